The molecule has 0 aromatic heterocycles. The van der Waals surface area contributed by atoms with Crippen molar-refractivity contribution in [3.8, 4) is 0 Å². The molecule has 0 spiro atoms. The predicted molar refractivity (Wildman–Crippen MR) is 100 cm³/mol. The second-order valence-electron chi connectivity index (χ2n) is 5.65. The maximum absolute atomic E-state index is 11.5. The zero-order valence-electron chi connectivity index (χ0n) is 14.4. The number of rotatable bonds is 14. The zero-order valence-corrected chi connectivity index (χ0v) is 16.0. The molecule has 130 valence electrons. The number of allylic oxidation sites excluding steroid dienone is 1. The molecule has 0 aliphatic heterocycles. The summed E-state index contributed by atoms with van der Waals surface area (Å²) in [4.78, 5) is 11.5. The van der Waals surface area contributed by atoms with Crippen molar-refractivity contribution in [2.75, 3.05) is 31.4 Å². The fourth-order valence-electron chi connectivity index (χ4n) is 1.51. The summed E-state index contributed by atoms with van der Waals surface area (Å²) in [7, 11) is 3.55. The highest BCUT2D eigenvalue weighted by molar-refractivity contribution is 8.76. The summed E-state index contributed by atoms with van der Waals surface area (Å²) in [6.07, 6.45) is 5.40. The molecule has 0 radical (unpaired) electrons. The lowest BCUT2D eigenvalue weighted by molar-refractivity contribution is -0.121. The van der Waals surface area contributed by atoms with Crippen LogP contribution >= 0.6 is 21.6 Å². The van der Waals surface area contributed by atoms with Crippen LogP contribution in [-0.4, -0.2) is 43.3 Å². The first-order valence-electron chi connectivity index (χ1n) is 8.01. The zero-order chi connectivity index (χ0) is 16.6. The number of carbonyl (C=O) groups is 1. The first kappa shape index (κ1) is 21.8. The van der Waals surface area contributed by atoms with Gasteiger partial charge in [-0.3, -0.25) is 4.79 Å². The molecule has 0 bridgehead atoms. The molecule has 0 aromatic rings. The van der Waals surface area contributed by atoms with Crippen molar-refractivity contribution in [1.29, 1.82) is 0 Å². The Morgan fingerprint density at radius 1 is 1.23 bits per heavy atom. The first-order valence-corrected chi connectivity index (χ1v) is 10.5. The minimum Gasteiger partial charge on any atom is -0.370 e. The van der Waals surface area contributed by atoms with Gasteiger partial charge in [0.15, 0.2) is 0 Å². The van der Waals surface area contributed by atoms with E-state index >= 15 is 0 Å². The number of carbonyl (C=O) groups excluding carboxylic acids is 1. The number of nitrogens with one attached hydrogen (secondary N) is 2. The van der Waals surface area contributed by atoms with Gasteiger partial charge in [0.25, 0.3) is 0 Å². The molecule has 0 rings (SSSR count). The van der Waals surface area contributed by atoms with Crippen molar-refractivity contribution in [2.24, 2.45) is 5.92 Å². The van der Waals surface area contributed by atoms with Crippen LogP contribution in [0.2, 0.25) is 0 Å². The SMILES string of the molecule is CC(C)/C=C/CNC(=O)CCCOCSSCCNC(C)C. The van der Waals surface area contributed by atoms with Gasteiger partial charge in [-0.05, 0) is 12.3 Å². The van der Waals surface area contributed by atoms with Gasteiger partial charge in [0.1, 0.15) is 5.94 Å². The Balaban J connectivity index is 3.23. The van der Waals surface area contributed by atoms with Gasteiger partial charge in [-0.1, -0.05) is 61.4 Å². The van der Waals surface area contributed by atoms with Crippen LogP contribution in [0.25, 0.3) is 0 Å². The van der Waals surface area contributed by atoms with Gasteiger partial charge in [-0.2, -0.15) is 0 Å². The van der Waals surface area contributed by atoms with Gasteiger partial charge in [-0.15, -0.1) is 0 Å². The van der Waals surface area contributed by atoms with Crippen LogP contribution in [-0.2, 0) is 9.53 Å². The largest absolute Gasteiger partial charge is 0.370 e. The Hall–Kier alpha value is -0.170. The Bertz CT molecular complexity index is 298. The van der Waals surface area contributed by atoms with E-state index in [2.05, 4.69) is 44.4 Å². The Labute approximate surface area is 144 Å². The summed E-state index contributed by atoms with van der Waals surface area (Å²) >= 11 is 0. The van der Waals surface area contributed by atoms with Crippen molar-refractivity contribution in [3.05, 3.63) is 12.2 Å². The standard InChI is InChI=1S/C16H32N2O2S2/c1-14(2)7-5-9-18-16(19)8-6-11-20-13-22-21-12-10-17-15(3)4/h5,7,14-15,17H,6,8-13H2,1-4H3,(H,18,19)/b7-5+. The van der Waals surface area contributed by atoms with E-state index in [1.54, 1.807) is 10.8 Å². The summed E-state index contributed by atoms with van der Waals surface area (Å²) in [5, 5.41) is 6.25. The number of amides is 1. The van der Waals surface area contributed by atoms with Crippen LogP contribution in [0.1, 0.15) is 40.5 Å². The maximum atomic E-state index is 11.5. The van der Waals surface area contributed by atoms with E-state index in [4.69, 9.17) is 4.74 Å². The number of ether oxygens (including phenoxy) is 1. The minimum atomic E-state index is 0.0961. The molecule has 2 N–H and O–H groups in total. The third-order valence-electron chi connectivity index (χ3n) is 2.58. The van der Waals surface area contributed by atoms with Crippen LogP contribution in [0, 0.1) is 5.92 Å². The van der Waals surface area contributed by atoms with E-state index in [0.29, 0.717) is 37.5 Å². The third kappa shape index (κ3) is 17.9. The fraction of sp³-hybridized carbons (Fsp3) is 0.812. The van der Waals surface area contributed by atoms with E-state index < -0.39 is 0 Å². The smallest absolute Gasteiger partial charge is 0.220 e. The average Bonchev–Trinajstić information content (AvgIpc) is 2.45. The molecule has 0 fully saturated rings. The summed E-state index contributed by atoms with van der Waals surface area (Å²) in [6, 6.07) is 0.550. The minimum absolute atomic E-state index is 0.0961. The van der Waals surface area contributed by atoms with E-state index in [9.17, 15) is 4.79 Å². The molecule has 0 saturated heterocycles. The quantitative estimate of drug-likeness (QED) is 0.218. The van der Waals surface area contributed by atoms with Crippen LogP contribution in [0.4, 0.5) is 0 Å². The topological polar surface area (TPSA) is 50.4 Å². The molecule has 0 aromatic carbocycles. The number of hydrogen-bond acceptors (Lipinski definition) is 5. The fourth-order valence-corrected chi connectivity index (χ4v) is 3.10. The molecule has 0 aliphatic carbocycles. The van der Waals surface area contributed by atoms with Gasteiger partial charge in [0.05, 0.1) is 0 Å². The molecule has 6 heteroatoms. The Kier molecular flexibility index (Phi) is 15.6. The van der Waals surface area contributed by atoms with E-state index in [-0.39, 0.29) is 5.91 Å². The molecule has 0 saturated carbocycles. The molecule has 0 unspecified atom stereocenters. The highest BCUT2D eigenvalue weighted by Gasteiger charge is 1.99. The molecule has 0 atom stereocenters. The van der Waals surface area contributed by atoms with Crippen LogP contribution in [0.5, 0.6) is 0 Å². The second kappa shape index (κ2) is 15.7. The maximum Gasteiger partial charge on any atom is 0.220 e. The summed E-state index contributed by atoms with van der Waals surface area (Å²) in [6.45, 7) is 10.8. The highest BCUT2D eigenvalue weighted by Crippen LogP contribution is 2.20. The predicted octanol–water partition coefficient (Wildman–Crippen LogP) is 3.45. The normalized spacial score (nSPS) is 11.7. The van der Waals surface area contributed by atoms with Crippen LogP contribution in [0.3, 0.4) is 0 Å². The molecule has 22 heavy (non-hydrogen) atoms. The summed E-state index contributed by atoms with van der Waals surface area (Å²) < 4.78 is 5.50. The lowest BCUT2D eigenvalue weighted by Gasteiger charge is -2.07. The van der Waals surface area contributed by atoms with Crippen molar-refractivity contribution in [1.82, 2.24) is 10.6 Å². The average molecular weight is 349 g/mol. The van der Waals surface area contributed by atoms with E-state index in [0.717, 1.165) is 18.7 Å². The van der Waals surface area contributed by atoms with Gasteiger partial charge in [0, 0.05) is 37.9 Å². The van der Waals surface area contributed by atoms with Crippen molar-refractivity contribution >= 4 is 27.5 Å². The Morgan fingerprint density at radius 3 is 2.68 bits per heavy atom. The van der Waals surface area contributed by atoms with Gasteiger partial charge < -0.3 is 15.4 Å². The van der Waals surface area contributed by atoms with Gasteiger partial charge in [0.2, 0.25) is 5.91 Å². The van der Waals surface area contributed by atoms with E-state index in [1.165, 1.54) is 0 Å². The van der Waals surface area contributed by atoms with Gasteiger partial charge in [-0.25, -0.2) is 0 Å². The number of hydrogen-bond donors (Lipinski definition) is 2. The van der Waals surface area contributed by atoms with Crippen molar-refractivity contribution in [3.63, 3.8) is 0 Å². The lowest BCUT2D eigenvalue weighted by Crippen LogP contribution is -2.24. The first-order chi connectivity index (χ1) is 10.5. The lowest BCUT2D eigenvalue weighted by atomic mass is 10.2. The van der Waals surface area contributed by atoms with Crippen LogP contribution in [0.15, 0.2) is 12.2 Å². The molecule has 1 amide bonds. The monoisotopic (exact) mass is 348 g/mol. The third-order valence-corrected chi connectivity index (χ3v) is 4.67. The second-order valence-corrected chi connectivity index (χ2v) is 8.18. The summed E-state index contributed by atoms with van der Waals surface area (Å²) in [5.41, 5.74) is 0. The summed E-state index contributed by atoms with van der Waals surface area (Å²) in [5.74, 6) is 2.39. The molecule has 4 nitrogen and oxygen atoms in total. The molecule has 0 aliphatic rings. The van der Waals surface area contributed by atoms with Crippen molar-refractivity contribution < 1.29 is 9.53 Å². The van der Waals surface area contributed by atoms with Crippen LogP contribution < -0.4 is 10.6 Å². The highest BCUT2D eigenvalue weighted by atomic mass is 33.1. The van der Waals surface area contributed by atoms with E-state index in [1.807, 2.05) is 16.9 Å². The molecule has 0 heterocycles. The Morgan fingerprint density at radius 2 is 2.00 bits per heavy atom. The van der Waals surface area contributed by atoms with Gasteiger partial charge >= 0.3 is 0 Å². The molecular formula is C16H32N2O2S2. The molecular weight excluding hydrogens is 316 g/mol. The van der Waals surface area contributed by atoms with Crippen molar-refractivity contribution in [2.45, 2.75) is 46.6 Å².